The molecule has 0 radical (unpaired) electrons. The highest BCUT2D eigenvalue weighted by Gasteiger charge is 2.18. The molecular weight excluding hydrogens is 258 g/mol. The highest BCUT2D eigenvalue weighted by atomic mass is 16.6. The Bertz CT molecular complexity index is 654. The molecule has 0 atom stereocenters. The van der Waals surface area contributed by atoms with Gasteiger partial charge in [0.15, 0.2) is 17.3 Å². The van der Waals surface area contributed by atoms with Gasteiger partial charge in [0.05, 0.1) is 18.9 Å². The number of methoxy groups -OCH3 is 1. The van der Waals surface area contributed by atoms with Gasteiger partial charge < -0.3 is 14.2 Å². The maximum atomic E-state index is 12.5. The Balaban J connectivity index is 1.98. The van der Waals surface area contributed by atoms with Crippen LogP contribution in [-0.4, -0.2) is 31.1 Å². The average Bonchev–Trinajstić information content (AvgIpc) is 2.53. The molecular formula is C15H13NO4. The second-order valence-electron chi connectivity index (χ2n) is 4.26. The minimum atomic E-state index is -0.138. The van der Waals surface area contributed by atoms with Crippen LogP contribution in [0.3, 0.4) is 0 Å². The summed E-state index contributed by atoms with van der Waals surface area (Å²) in [4.78, 5) is 16.4. The number of rotatable bonds is 3. The van der Waals surface area contributed by atoms with Crippen molar-refractivity contribution in [3.63, 3.8) is 0 Å². The molecule has 2 aromatic rings. The number of fused-ring (bicyclic) bond motifs is 1. The molecule has 0 spiro atoms. The Hall–Kier alpha value is -2.56. The Morgan fingerprint density at radius 2 is 2.00 bits per heavy atom. The lowest BCUT2D eigenvalue weighted by atomic mass is 10.0. The van der Waals surface area contributed by atoms with Crippen molar-refractivity contribution in [2.45, 2.75) is 0 Å². The van der Waals surface area contributed by atoms with E-state index < -0.39 is 0 Å². The monoisotopic (exact) mass is 271 g/mol. The zero-order chi connectivity index (χ0) is 13.9. The SMILES string of the molecule is COc1cnccc1C(=O)c1ccc2c(c1)OCCO2. The van der Waals surface area contributed by atoms with Crippen LogP contribution in [0.2, 0.25) is 0 Å². The number of hydrogen-bond acceptors (Lipinski definition) is 5. The molecule has 20 heavy (non-hydrogen) atoms. The highest BCUT2D eigenvalue weighted by molar-refractivity contribution is 6.10. The van der Waals surface area contributed by atoms with E-state index in [2.05, 4.69) is 4.98 Å². The molecule has 5 nitrogen and oxygen atoms in total. The largest absolute Gasteiger partial charge is 0.494 e. The van der Waals surface area contributed by atoms with Crippen LogP contribution < -0.4 is 14.2 Å². The van der Waals surface area contributed by atoms with Gasteiger partial charge in [-0.1, -0.05) is 0 Å². The molecule has 1 aliphatic rings. The molecule has 0 aliphatic carbocycles. The zero-order valence-electron chi connectivity index (χ0n) is 11.0. The summed E-state index contributed by atoms with van der Waals surface area (Å²) < 4.78 is 16.1. The van der Waals surface area contributed by atoms with E-state index >= 15 is 0 Å². The number of carbonyl (C=O) groups excluding carboxylic acids is 1. The van der Waals surface area contributed by atoms with E-state index in [9.17, 15) is 4.79 Å². The third kappa shape index (κ3) is 2.18. The van der Waals surface area contributed by atoms with Crippen molar-refractivity contribution < 1.29 is 19.0 Å². The lowest BCUT2D eigenvalue weighted by molar-refractivity contribution is 0.103. The van der Waals surface area contributed by atoms with E-state index in [0.717, 1.165) is 0 Å². The number of benzene rings is 1. The van der Waals surface area contributed by atoms with Crippen molar-refractivity contribution in [2.75, 3.05) is 20.3 Å². The maximum absolute atomic E-state index is 12.5. The predicted molar refractivity (Wildman–Crippen MR) is 71.7 cm³/mol. The molecule has 0 N–H and O–H groups in total. The molecule has 0 amide bonds. The van der Waals surface area contributed by atoms with Gasteiger partial charge >= 0.3 is 0 Å². The zero-order valence-corrected chi connectivity index (χ0v) is 11.0. The van der Waals surface area contributed by atoms with Crippen LogP contribution in [0, 0.1) is 0 Å². The van der Waals surface area contributed by atoms with Crippen LogP contribution in [0.25, 0.3) is 0 Å². The van der Waals surface area contributed by atoms with E-state index in [0.29, 0.717) is 41.6 Å². The topological polar surface area (TPSA) is 57.7 Å². The molecule has 0 bridgehead atoms. The third-order valence-electron chi connectivity index (χ3n) is 3.05. The van der Waals surface area contributed by atoms with E-state index in [1.807, 2.05) is 0 Å². The van der Waals surface area contributed by atoms with Gasteiger partial charge in [0.25, 0.3) is 0 Å². The fourth-order valence-electron chi connectivity index (χ4n) is 2.07. The van der Waals surface area contributed by atoms with E-state index in [1.54, 1.807) is 30.5 Å². The predicted octanol–water partition coefficient (Wildman–Crippen LogP) is 2.09. The number of aromatic nitrogens is 1. The first kappa shape index (κ1) is 12.5. The minimum Gasteiger partial charge on any atom is -0.494 e. The fourth-order valence-corrected chi connectivity index (χ4v) is 2.07. The molecule has 5 heteroatoms. The lowest BCUT2D eigenvalue weighted by Gasteiger charge is -2.18. The van der Waals surface area contributed by atoms with Gasteiger partial charge in [-0.3, -0.25) is 9.78 Å². The fraction of sp³-hybridized carbons (Fsp3) is 0.200. The lowest BCUT2D eigenvalue weighted by Crippen LogP contribution is -2.16. The molecule has 3 rings (SSSR count). The Morgan fingerprint density at radius 1 is 1.20 bits per heavy atom. The van der Waals surface area contributed by atoms with Crippen molar-refractivity contribution in [3.05, 3.63) is 47.8 Å². The number of ether oxygens (including phenoxy) is 3. The highest BCUT2D eigenvalue weighted by Crippen LogP contribution is 2.32. The van der Waals surface area contributed by atoms with Crippen molar-refractivity contribution in [1.82, 2.24) is 4.98 Å². The minimum absolute atomic E-state index is 0.138. The second kappa shape index (κ2) is 5.21. The summed E-state index contributed by atoms with van der Waals surface area (Å²) in [6, 6.07) is 6.79. The molecule has 0 saturated heterocycles. The van der Waals surface area contributed by atoms with Crippen molar-refractivity contribution in [3.8, 4) is 17.2 Å². The van der Waals surface area contributed by atoms with Crippen LogP contribution in [0.15, 0.2) is 36.7 Å². The molecule has 102 valence electrons. The number of ketones is 1. The van der Waals surface area contributed by atoms with E-state index in [4.69, 9.17) is 14.2 Å². The Morgan fingerprint density at radius 3 is 2.80 bits per heavy atom. The van der Waals surface area contributed by atoms with Crippen molar-refractivity contribution >= 4 is 5.78 Å². The van der Waals surface area contributed by atoms with Crippen LogP contribution in [-0.2, 0) is 0 Å². The van der Waals surface area contributed by atoms with Gasteiger partial charge in [0.2, 0.25) is 0 Å². The summed E-state index contributed by atoms with van der Waals surface area (Å²) in [5, 5.41) is 0. The van der Waals surface area contributed by atoms with Gasteiger partial charge in [-0.05, 0) is 24.3 Å². The Labute approximate surface area is 116 Å². The smallest absolute Gasteiger partial charge is 0.197 e. The molecule has 2 heterocycles. The quantitative estimate of drug-likeness (QED) is 0.800. The molecule has 1 aliphatic heterocycles. The van der Waals surface area contributed by atoms with Crippen LogP contribution in [0.5, 0.6) is 17.2 Å². The van der Waals surface area contributed by atoms with E-state index in [-0.39, 0.29) is 5.78 Å². The number of hydrogen-bond donors (Lipinski definition) is 0. The molecule has 1 aromatic carbocycles. The van der Waals surface area contributed by atoms with Gasteiger partial charge in [-0.15, -0.1) is 0 Å². The summed E-state index contributed by atoms with van der Waals surface area (Å²) in [5.74, 6) is 1.57. The van der Waals surface area contributed by atoms with Gasteiger partial charge in [0.1, 0.15) is 19.0 Å². The average molecular weight is 271 g/mol. The molecule has 0 unspecified atom stereocenters. The third-order valence-corrected chi connectivity index (χ3v) is 3.05. The number of nitrogens with zero attached hydrogens (tertiary/aromatic N) is 1. The second-order valence-corrected chi connectivity index (χ2v) is 4.26. The Kier molecular flexibility index (Phi) is 3.25. The summed E-state index contributed by atoms with van der Waals surface area (Å²) in [6.07, 6.45) is 3.08. The van der Waals surface area contributed by atoms with E-state index in [1.165, 1.54) is 13.3 Å². The number of pyridine rings is 1. The molecule has 0 saturated carbocycles. The van der Waals surface area contributed by atoms with Crippen LogP contribution in [0.1, 0.15) is 15.9 Å². The first-order valence-electron chi connectivity index (χ1n) is 6.22. The standard InChI is InChI=1S/C15H13NO4/c1-18-14-9-16-5-4-11(14)15(17)10-2-3-12-13(8-10)20-7-6-19-12/h2-5,8-9H,6-7H2,1H3. The maximum Gasteiger partial charge on any atom is 0.197 e. The summed E-state index contributed by atoms with van der Waals surface area (Å²) in [6.45, 7) is 1.02. The van der Waals surface area contributed by atoms with Gasteiger partial charge in [-0.25, -0.2) is 0 Å². The molecule has 0 fully saturated rings. The normalized spacial score (nSPS) is 12.8. The van der Waals surface area contributed by atoms with Crippen LogP contribution >= 0.6 is 0 Å². The summed E-state index contributed by atoms with van der Waals surface area (Å²) in [5.41, 5.74) is 0.998. The van der Waals surface area contributed by atoms with Crippen molar-refractivity contribution in [2.24, 2.45) is 0 Å². The first-order valence-corrected chi connectivity index (χ1v) is 6.22. The van der Waals surface area contributed by atoms with Gasteiger partial charge in [0, 0.05) is 11.8 Å². The summed E-state index contributed by atoms with van der Waals surface area (Å²) in [7, 11) is 1.51. The summed E-state index contributed by atoms with van der Waals surface area (Å²) >= 11 is 0. The molecule has 1 aromatic heterocycles. The number of carbonyl (C=O) groups is 1. The van der Waals surface area contributed by atoms with Crippen molar-refractivity contribution in [1.29, 1.82) is 0 Å². The van der Waals surface area contributed by atoms with Gasteiger partial charge in [-0.2, -0.15) is 0 Å². The first-order chi connectivity index (χ1) is 9.79. The van der Waals surface area contributed by atoms with Crippen LogP contribution in [0.4, 0.5) is 0 Å².